The quantitative estimate of drug-likeness (QED) is 0.479. The van der Waals surface area contributed by atoms with Gasteiger partial charge < -0.3 is 9.47 Å². The van der Waals surface area contributed by atoms with E-state index < -0.39 is 11.2 Å². The number of cyclic esters (lactones) is 2. The first-order valence-corrected chi connectivity index (χ1v) is 5.48. The molecule has 0 saturated carbocycles. The monoisotopic (exact) mass is 210 g/mol. The molecule has 3 aliphatic heterocycles. The molecule has 0 aromatic rings. The molecule has 3 fully saturated rings. The Hall–Kier alpha value is -0.900. The molecule has 3 heterocycles. The third-order valence-corrected chi connectivity index (χ3v) is 4.35. The summed E-state index contributed by atoms with van der Waals surface area (Å²) in [7, 11) is 0. The fourth-order valence-corrected chi connectivity index (χ4v) is 3.55. The van der Waals surface area contributed by atoms with Crippen molar-refractivity contribution in [3.8, 4) is 0 Å². The summed E-state index contributed by atoms with van der Waals surface area (Å²) in [6.45, 7) is 3.93. The molecule has 0 radical (unpaired) electrons. The molecular formula is C11H14O4. The van der Waals surface area contributed by atoms with Crippen molar-refractivity contribution in [2.75, 3.05) is 0 Å². The zero-order valence-corrected chi connectivity index (χ0v) is 8.91. The fraction of sp³-hybridized carbons (Fsp3) is 0.818. The van der Waals surface area contributed by atoms with Crippen LogP contribution < -0.4 is 0 Å². The predicted octanol–water partition coefficient (Wildman–Crippen LogP) is 1.03. The highest BCUT2D eigenvalue weighted by molar-refractivity contribution is 5.98. The maximum Gasteiger partial charge on any atom is 0.320 e. The summed E-state index contributed by atoms with van der Waals surface area (Å²) >= 11 is 0. The minimum absolute atomic E-state index is 0.353. The molecule has 3 aliphatic rings. The molecule has 3 saturated heterocycles. The van der Waals surface area contributed by atoms with E-state index in [4.69, 9.17) is 9.47 Å². The molecule has 15 heavy (non-hydrogen) atoms. The van der Waals surface area contributed by atoms with E-state index in [1.54, 1.807) is 0 Å². The summed E-state index contributed by atoms with van der Waals surface area (Å²) in [6.07, 6.45) is 2.49. The van der Waals surface area contributed by atoms with Gasteiger partial charge in [0.15, 0.2) is 0 Å². The smallest absolute Gasteiger partial charge is 0.320 e. The number of fused-ring (bicyclic) bond motifs is 5. The summed E-state index contributed by atoms with van der Waals surface area (Å²) < 4.78 is 10.7. The number of hydrogen-bond acceptors (Lipinski definition) is 4. The minimum Gasteiger partial charge on any atom is -0.393 e. The largest absolute Gasteiger partial charge is 0.393 e. The fourth-order valence-electron chi connectivity index (χ4n) is 3.55. The first-order chi connectivity index (χ1) is 7.02. The Morgan fingerprint density at radius 3 is 2.60 bits per heavy atom. The Morgan fingerprint density at radius 2 is 1.93 bits per heavy atom. The summed E-state index contributed by atoms with van der Waals surface area (Å²) in [4.78, 5) is 23.2. The van der Waals surface area contributed by atoms with Crippen molar-refractivity contribution in [2.24, 2.45) is 11.8 Å². The molecule has 0 aliphatic carbocycles. The number of carbonyl (C=O) groups excluding carboxylic acids is 2. The lowest BCUT2D eigenvalue weighted by molar-refractivity contribution is -0.162. The van der Waals surface area contributed by atoms with E-state index in [1.807, 2.05) is 13.8 Å². The first-order valence-electron chi connectivity index (χ1n) is 5.48. The maximum atomic E-state index is 11.6. The third kappa shape index (κ3) is 0.869. The highest BCUT2D eigenvalue weighted by Gasteiger charge is 2.72. The predicted molar refractivity (Wildman–Crippen MR) is 49.8 cm³/mol. The van der Waals surface area contributed by atoms with Gasteiger partial charge in [-0.2, -0.15) is 0 Å². The highest BCUT2D eigenvalue weighted by atomic mass is 16.6. The van der Waals surface area contributed by atoms with Crippen molar-refractivity contribution in [1.29, 1.82) is 0 Å². The summed E-state index contributed by atoms with van der Waals surface area (Å²) in [5.41, 5.74) is -0.896. The molecule has 2 bridgehead atoms. The Labute approximate surface area is 87.9 Å². The molecular weight excluding hydrogens is 196 g/mol. The van der Waals surface area contributed by atoms with E-state index in [-0.39, 0.29) is 23.8 Å². The van der Waals surface area contributed by atoms with E-state index in [0.717, 1.165) is 19.3 Å². The molecule has 1 unspecified atom stereocenters. The molecule has 0 aromatic heterocycles. The summed E-state index contributed by atoms with van der Waals surface area (Å²) in [6, 6.07) is 0. The molecule has 4 nitrogen and oxygen atoms in total. The molecule has 0 N–H and O–H groups in total. The van der Waals surface area contributed by atoms with E-state index >= 15 is 0 Å². The van der Waals surface area contributed by atoms with Crippen molar-refractivity contribution in [3.05, 3.63) is 0 Å². The van der Waals surface area contributed by atoms with E-state index in [1.165, 1.54) is 0 Å². The van der Waals surface area contributed by atoms with E-state index in [2.05, 4.69) is 0 Å². The second kappa shape index (κ2) is 2.43. The topological polar surface area (TPSA) is 52.6 Å². The van der Waals surface area contributed by atoms with Crippen LogP contribution in [0.4, 0.5) is 0 Å². The van der Waals surface area contributed by atoms with Gasteiger partial charge in [-0.3, -0.25) is 9.59 Å². The molecule has 4 atom stereocenters. The zero-order chi connectivity index (χ0) is 10.8. The minimum atomic E-state index is -0.468. The standard InChI is InChI=1S/C11H14O4/c1-3-11-5-4-10(2,15-11)6-7(11)9(13)14-8(6)12/h6-7H,3-5H2,1-2H3/t6-,7+,10?,11+/m0/s1. The number of hydrogen-bond donors (Lipinski definition) is 0. The Kier molecular flexibility index (Phi) is 1.51. The second-order valence-electron chi connectivity index (χ2n) is 5.03. The summed E-state index contributed by atoms with van der Waals surface area (Å²) in [5.74, 6) is -1.48. The number of carbonyl (C=O) groups is 2. The average Bonchev–Trinajstić information content (AvgIpc) is 2.75. The van der Waals surface area contributed by atoms with Gasteiger partial charge >= 0.3 is 11.9 Å². The summed E-state index contributed by atoms with van der Waals surface area (Å²) in [5, 5.41) is 0. The zero-order valence-electron chi connectivity index (χ0n) is 8.91. The van der Waals surface area contributed by atoms with Crippen LogP contribution >= 0.6 is 0 Å². The molecule has 0 aromatic carbocycles. The van der Waals surface area contributed by atoms with Gasteiger partial charge in [-0.15, -0.1) is 0 Å². The highest BCUT2D eigenvalue weighted by Crippen LogP contribution is 2.61. The maximum absolute atomic E-state index is 11.6. The van der Waals surface area contributed by atoms with Crippen LogP contribution in [-0.4, -0.2) is 23.1 Å². The van der Waals surface area contributed by atoms with Crippen LogP contribution in [0.15, 0.2) is 0 Å². The SMILES string of the molecule is CC[C@]12CCC(C)(O1)[C@@H]1C(=O)OC(=O)[C@@H]12. The van der Waals surface area contributed by atoms with Gasteiger partial charge in [0.05, 0.1) is 11.2 Å². The normalized spacial score (nSPS) is 52.1. The molecule has 3 rings (SSSR count). The lowest BCUT2D eigenvalue weighted by Crippen LogP contribution is -2.41. The molecule has 82 valence electrons. The number of rotatable bonds is 1. The van der Waals surface area contributed by atoms with Gasteiger partial charge in [-0.05, 0) is 26.2 Å². The third-order valence-electron chi connectivity index (χ3n) is 4.35. The van der Waals surface area contributed by atoms with Gasteiger partial charge in [-0.1, -0.05) is 6.92 Å². The van der Waals surface area contributed by atoms with Crippen LogP contribution in [0, 0.1) is 11.8 Å². The van der Waals surface area contributed by atoms with Gasteiger partial charge in [0.25, 0.3) is 0 Å². The van der Waals surface area contributed by atoms with Crippen molar-refractivity contribution >= 4 is 11.9 Å². The van der Waals surface area contributed by atoms with Crippen LogP contribution in [0.1, 0.15) is 33.1 Å². The van der Waals surface area contributed by atoms with Gasteiger partial charge in [0, 0.05) is 0 Å². The van der Waals surface area contributed by atoms with Crippen LogP contribution in [0.25, 0.3) is 0 Å². The molecule has 0 spiro atoms. The van der Waals surface area contributed by atoms with Gasteiger partial charge in [-0.25, -0.2) is 0 Å². The van der Waals surface area contributed by atoms with Crippen molar-refractivity contribution in [3.63, 3.8) is 0 Å². The van der Waals surface area contributed by atoms with Crippen molar-refractivity contribution in [1.82, 2.24) is 0 Å². The number of ether oxygens (including phenoxy) is 2. The lowest BCUT2D eigenvalue weighted by Gasteiger charge is -2.28. The van der Waals surface area contributed by atoms with Crippen molar-refractivity contribution in [2.45, 2.75) is 44.3 Å². The average molecular weight is 210 g/mol. The lowest BCUT2D eigenvalue weighted by atomic mass is 9.67. The first kappa shape index (κ1) is 9.33. The Morgan fingerprint density at radius 1 is 1.27 bits per heavy atom. The Bertz CT molecular complexity index is 364. The van der Waals surface area contributed by atoms with E-state index in [0.29, 0.717) is 0 Å². The van der Waals surface area contributed by atoms with Gasteiger partial charge in [0.1, 0.15) is 11.8 Å². The Balaban J connectivity index is 2.11. The number of esters is 2. The van der Waals surface area contributed by atoms with Gasteiger partial charge in [0.2, 0.25) is 0 Å². The van der Waals surface area contributed by atoms with Crippen LogP contribution in [0.5, 0.6) is 0 Å². The van der Waals surface area contributed by atoms with E-state index in [9.17, 15) is 9.59 Å². The second-order valence-corrected chi connectivity index (χ2v) is 5.03. The molecule has 0 amide bonds. The van der Waals surface area contributed by atoms with Crippen molar-refractivity contribution < 1.29 is 19.1 Å². The van der Waals surface area contributed by atoms with Crippen LogP contribution in [0.3, 0.4) is 0 Å². The molecule has 4 heteroatoms. The van der Waals surface area contributed by atoms with Crippen LogP contribution in [-0.2, 0) is 19.1 Å². The van der Waals surface area contributed by atoms with Crippen LogP contribution in [0.2, 0.25) is 0 Å².